The summed E-state index contributed by atoms with van der Waals surface area (Å²) in [5, 5.41) is 0. The summed E-state index contributed by atoms with van der Waals surface area (Å²) in [4.78, 5) is 16.7. The number of piperidine rings is 1. The SMILES string of the molecule is CCN1CCO[C@H]2CN(C(=O)COc3ccccc3)CC[C@H]2C1. The van der Waals surface area contributed by atoms with E-state index in [1.165, 1.54) is 0 Å². The summed E-state index contributed by atoms with van der Waals surface area (Å²) in [5.41, 5.74) is 0. The lowest BCUT2D eigenvalue weighted by atomic mass is 9.93. The molecule has 5 heteroatoms. The largest absolute Gasteiger partial charge is 0.484 e. The van der Waals surface area contributed by atoms with E-state index in [1.54, 1.807) is 0 Å². The maximum Gasteiger partial charge on any atom is 0.260 e. The number of amides is 1. The molecule has 0 radical (unpaired) electrons. The summed E-state index contributed by atoms with van der Waals surface area (Å²) in [6.07, 6.45) is 1.18. The smallest absolute Gasteiger partial charge is 0.260 e. The Morgan fingerprint density at radius 3 is 2.87 bits per heavy atom. The molecule has 2 heterocycles. The average molecular weight is 318 g/mol. The first-order valence-electron chi connectivity index (χ1n) is 8.56. The number of carbonyl (C=O) groups is 1. The van der Waals surface area contributed by atoms with Crippen LogP contribution in [0.2, 0.25) is 0 Å². The van der Waals surface area contributed by atoms with Crippen LogP contribution < -0.4 is 4.74 Å². The topological polar surface area (TPSA) is 42.0 Å². The third-order valence-corrected chi connectivity index (χ3v) is 4.83. The molecule has 1 aromatic carbocycles. The van der Waals surface area contributed by atoms with Gasteiger partial charge in [0.2, 0.25) is 0 Å². The quantitative estimate of drug-likeness (QED) is 0.846. The van der Waals surface area contributed by atoms with Crippen LogP contribution in [-0.2, 0) is 9.53 Å². The molecule has 0 spiro atoms. The van der Waals surface area contributed by atoms with Crippen LogP contribution in [-0.4, -0.2) is 67.7 Å². The summed E-state index contributed by atoms with van der Waals surface area (Å²) in [6.45, 7) is 7.70. The minimum Gasteiger partial charge on any atom is -0.484 e. The number of likely N-dealkylation sites (N-methyl/N-ethyl adjacent to an activating group) is 1. The van der Waals surface area contributed by atoms with Crippen LogP contribution in [0.4, 0.5) is 0 Å². The predicted octanol–water partition coefficient (Wildman–Crippen LogP) is 1.63. The van der Waals surface area contributed by atoms with Crippen molar-refractivity contribution in [2.45, 2.75) is 19.4 Å². The Kier molecular flexibility index (Phi) is 5.51. The van der Waals surface area contributed by atoms with Crippen molar-refractivity contribution >= 4 is 5.91 Å². The molecule has 0 aromatic heterocycles. The van der Waals surface area contributed by atoms with Crippen molar-refractivity contribution in [2.75, 3.05) is 45.9 Å². The lowest BCUT2D eigenvalue weighted by molar-refractivity contribution is -0.139. The fourth-order valence-corrected chi connectivity index (χ4v) is 3.39. The zero-order valence-corrected chi connectivity index (χ0v) is 13.8. The Morgan fingerprint density at radius 1 is 1.26 bits per heavy atom. The molecule has 2 atom stereocenters. The highest BCUT2D eigenvalue weighted by Crippen LogP contribution is 2.24. The zero-order chi connectivity index (χ0) is 16.1. The van der Waals surface area contributed by atoms with Gasteiger partial charge in [0.05, 0.1) is 12.7 Å². The van der Waals surface area contributed by atoms with Crippen LogP contribution in [0.15, 0.2) is 30.3 Å². The number of hydrogen-bond donors (Lipinski definition) is 0. The normalized spacial score (nSPS) is 25.5. The monoisotopic (exact) mass is 318 g/mol. The van der Waals surface area contributed by atoms with Crippen LogP contribution in [0.5, 0.6) is 5.75 Å². The van der Waals surface area contributed by atoms with Crippen LogP contribution in [0.1, 0.15) is 13.3 Å². The van der Waals surface area contributed by atoms with E-state index >= 15 is 0 Å². The number of fused-ring (bicyclic) bond motifs is 1. The third kappa shape index (κ3) is 4.24. The van der Waals surface area contributed by atoms with E-state index in [2.05, 4.69) is 11.8 Å². The molecule has 3 rings (SSSR count). The van der Waals surface area contributed by atoms with Gasteiger partial charge in [0.15, 0.2) is 6.61 Å². The first-order valence-corrected chi connectivity index (χ1v) is 8.56. The van der Waals surface area contributed by atoms with Gasteiger partial charge in [0, 0.05) is 32.1 Å². The van der Waals surface area contributed by atoms with Crippen molar-refractivity contribution in [3.05, 3.63) is 30.3 Å². The maximum atomic E-state index is 12.4. The van der Waals surface area contributed by atoms with Crippen LogP contribution in [0, 0.1) is 5.92 Å². The van der Waals surface area contributed by atoms with Gasteiger partial charge in [0.25, 0.3) is 5.91 Å². The second-order valence-electron chi connectivity index (χ2n) is 6.29. The fraction of sp³-hybridized carbons (Fsp3) is 0.611. The van der Waals surface area contributed by atoms with Gasteiger partial charge in [-0.1, -0.05) is 25.1 Å². The summed E-state index contributed by atoms with van der Waals surface area (Å²) in [5.74, 6) is 1.32. The van der Waals surface area contributed by atoms with E-state index in [0.29, 0.717) is 12.5 Å². The van der Waals surface area contributed by atoms with Gasteiger partial charge in [-0.15, -0.1) is 0 Å². The van der Waals surface area contributed by atoms with E-state index in [9.17, 15) is 4.79 Å². The van der Waals surface area contributed by atoms with E-state index in [4.69, 9.17) is 9.47 Å². The number of carbonyl (C=O) groups excluding carboxylic acids is 1. The lowest BCUT2D eigenvalue weighted by Gasteiger charge is -2.37. The minimum atomic E-state index is 0.0486. The van der Waals surface area contributed by atoms with Crippen molar-refractivity contribution in [3.63, 3.8) is 0 Å². The molecule has 2 saturated heterocycles. The van der Waals surface area contributed by atoms with Gasteiger partial charge in [-0.05, 0) is 25.1 Å². The van der Waals surface area contributed by atoms with E-state index in [1.807, 2.05) is 35.2 Å². The second kappa shape index (κ2) is 7.79. The van der Waals surface area contributed by atoms with Crippen molar-refractivity contribution in [1.29, 1.82) is 0 Å². The van der Waals surface area contributed by atoms with E-state index in [-0.39, 0.29) is 18.6 Å². The van der Waals surface area contributed by atoms with Crippen LogP contribution in [0.3, 0.4) is 0 Å². The van der Waals surface area contributed by atoms with Gasteiger partial charge in [0.1, 0.15) is 5.75 Å². The molecule has 0 aliphatic carbocycles. The Balaban J connectivity index is 1.51. The number of likely N-dealkylation sites (tertiary alicyclic amines) is 1. The predicted molar refractivity (Wildman–Crippen MR) is 88.5 cm³/mol. The molecule has 0 N–H and O–H groups in total. The van der Waals surface area contributed by atoms with Crippen molar-refractivity contribution in [1.82, 2.24) is 9.80 Å². The summed E-state index contributed by atoms with van der Waals surface area (Å²) in [6, 6.07) is 9.48. The van der Waals surface area contributed by atoms with Gasteiger partial charge in [-0.2, -0.15) is 0 Å². The first-order chi connectivity index (χ1) is 11.3. The highest BCUT2D eigenvalue weighted by molar-refractivity contribution is 5.77. The van der Waals surface area contributed by atoms with Crippen LogP contribution in [0.25, 0.3) is 0 Å². The second-order valence-corrected chi connectivity index (χ2v) is 6.29. The van der Waals surface area contributed by atoms with Crippen molar-refractivity contribution < 1.29 is 14.3 Å². The molecule has 2 aliphatic rings. The summed E-state index contributed by atoms with van der Waals surface area (Å²) < 4.78 is 11.6. The maximum absolute atomic E-state index is 12.4. The average Bonchev–Trinajstić information content (AvgIpc) is 2.81. The zero-order valence-electron chi connectivity index (χ0n) is 13.8. The molecule has 1 amide bonds. The number of hydrogen-bond acceptors (Lipinski definition) is 4. The standard InChI is InChI=1S/C18H26N2O3/c1-2-19-10-11-22-17-13-20(9-8-15(17)12-19)18(21)14-23-16-6-4-3-5-7-16/h3-7,15,17H,2,8-14H2,1H3/t15-,17-/m0/s1. The number of rotatable bonds is 4. The van der Waals surface area contributed by atoms with Gasteiger partial charge in [-0.3, -0.25) is 4.79 Å². The molecule has 2 fully saturated rings. The number of nitrogens with zero attached hydrogens (tertiary/aromatic N) is 2. The summed E-state index contributed by atoms with van der Waals surface area (Å²) >= 11 is 0. The first kappa shape index (κ1) is 16.3. The lowest BCUT2D eigenvalue weighted by Crippen LogP contribution is -2.50. The Morgan fingerprint density at radius 2 is 2.09 bits per heavy atom. The Labute approximate surface area is 138 Å². The highest BCUT2D eigenvalue weighted by Gasteiger charge is 2.34. The molecule has 2 aliphatic heterocycles. The number of para-hydroxylation sites is 1. The Hall–Kier alpha value is -1.59. The molecular weight excluding hydrogens is 292 g/mol. The van der Waals surface area contributed by atoms with E-state index in [0.717, 1.165) is 45.0 Å². The Bertz CT molecular complexity index is 508. The third-order valence-electron chi connectivity index (χ3n) is 4.83. The minimum absolute atomic E-state index is 0.0486. The molecule has 126 valence electrons. The number of benzene rings is 1. The fourth-order valence-electron chi connectivity index (χ4n) is 3.39. The van der Waals surface area contributed by atoms with Crippen molar-refractivity contribution in [2.24, 2.45) is 5.92 Å². The van der Waals surface area contributed by atoms with Crippen molar-refractivity contribution in [3.8, 4) is 5.75 Å². The van der Waals surface area contributed by atoms with Gasteiger partial charge in [-0.25, -0.2) is 0 Å². The molecule has 1 aromatic rings. The molecule has 23 heavy (non-hydrogen) atoms. The van der Waals surface area contributed by atoms with E-state index < -0.39 is 0 Å². The van der Waals surface area contributed by atoms with Gasteiger partial charge >= 0.3 is 0 Å². The molecule has 0 bridgehead atoms. The molecule has 0 unspecified atom stereocenters. The van der Waals surface area contributed by atoms with Crippen LogP contribution >= 0.6 is 0 Å². The summed E-state index contributed by atoms with van der Waals surface area (Å²) in [7, 11) is 0. The number of ether oxygens (including phenoxy) is 2. The molecular formula is C18H26N2O3. The van der Waals surface area contributed by atoms with Gasteiger partial charge < -0.3 is 19.3 Å². The molecule has 0 saturated carbocycles. The highest BCUT2D eigenvalue weighted by atomic mass is 16.5. The molecule has 5 nitrogen and oxygen atoms in total.